The fourth-order valence-electron chi connectivity index (χ4n) is 2.20. The minimum absolute atomic E-state index is 0.204. The summed E-state index contributed by atoms with van der Waals surface area (Å²) in [4.78, 5) is 12.8. The van der Waals surface area contributed by atoms with E-state index in [9.17, 15) is 13.6 Å². The number of halogens is 2. The molecule has 116 valence electrons. The molecule has 2 aromatic rings. The van der Waals surface area contributed by atoms with Gasteiger partial charge in [0.25, 0.3) is 0 Å². The Morgan fingerprint density at radius 2 is 1.77 bits per heavy atom. The normalized spacial score (nSPS) is 12.0. The first-order valence-corrected chi connectivity index (χ1v) is 6.93. The van der Waals surface area contributed by atoms with E-state index in [4.69, 9.17) is 5.11 Å². The van der Waals surface area contributed by atoms with E-state index in [0.717, 1.165) is 0 Å². The minimum Gasteiger partial charge on any atom is -0.481 e. The molecule has 0 amide bonds. The third-order valence-corrected chi connectivity index (χ3v) is 3.35. The minimum atomic E-state index is -0.930. The zero-order chi connectivity index (χ0) is 16.1. The largest absolute Gasteiger partial charge is 0.481 e. The van der Waals surface area contributed by atoms with Crippen LogP contribution in [0.2, 0.25) is 0 Å². The first-order chi connectivity index (χ1) is 10.5. The van der Waals surface area contributed by atoms with Crippen LogP contribution in [0, 0.1) is 17.6 Å². The molecule has 0 spiro atoms. The highest BCUT2D eigenvalue weighted by Gasteiger charge is 2.17. The van der Waals surface area contributed by atoms with Crippen LogP contribution >= 0.6 is 0 Å². The zero-order valence-electron chi connectivity index (χ0n) is 12.2. The standard InChI is InChI=1S/C17H17F2NO2/c1-12(17(21)22)10-20(16-7-3-6-15(19)9-16)11-13-4-2-5-14(18)8-13/h2-9,12H,10-11H2,1H3,(H,21,22). The van der Waals surface area contributed by atoms with Crippen LogP contribution in [-0.2, 0) is 11.3 Å². The summed E-state index contributed by atoms with van der Waals surface area (Å²) in [5, 5.41) is 9.08. The second-order valence-corrected chi connectivity index (χ2v) is 5.23. The summed E-state index contributed by atoms with van der Waals surface area (Å²) in [6.45, 7) is 2.09. The van der Waals surface area contributed by atoms with Crippen LogP contribution in [0.5, 0.6) is 0 Å². The molecular weight excluding hydrogens is 288 g/mol. The lowest BCUT2D eigenvalue weighted by Gasteiger charge is -2.27. The van der Waals surface area contributed by atoms with Crippen LogP contribution in [-0.4, -0.2) is 17.6 Å². The topological polar surface area (TPSA) is 40.5 Å². The fourth-order valence-corrected chi connectivity index (χ4v) is 2.20. The van der Waals surface area contributed by atoms with E-state index in [0.29, 0.717) is 17.8 Å². The first kappa shape index (κ1) is 15.9. The summed E-state index contributed by atoms with van der Waals surface area (Å²) < 4.78 is 26.7. The lowest BCUT2D eigenvalue weighted by Crippen LogP contribution is -2.31. The molecule has 0 aromatic heterocycles. The summed E-state index contributed by atoms with van der Waals surface area (Å²) in [5.74, 6) is -2.31. The smallest absolute Gasteiger partial charge is 0.308 e. The molecule has 5 heteroatoms. The van der Waals surface area contributed by atoms with Crippen LogP contribution in [0.3, 0.4) is 0 Å². The Bertz CT molecular complexity index is 661. The average molecular weight is 305 g/mol. The number of carboxylic acids is 1. The monoisotopic (exact) mass is 305 g/mol. The molecule has 0 heterocycles. The van der Waals surface area contributed by atoms with E-state index >= 15 is 0 Å². The predicted octanol–water partition coefficient (Wildman–Crippen LogP) is 3.69. The van der Waals surface area contributed by atoms with Crippen LogP contribution in [0.4, 0.5) is 14.5 Å². The van der Waals surface area contributed by atoms with Crippen molar-refractivity contribution in [2.45, 2.75) is 13.5 Å². The van der Waals surface area contributed by atoms with Gasteiger partial charge in [0.2, 0.25) is 0 Å². The van der Waals surface area contributed by atoms with Gasteiger partial charge in [0.1, 0.15) is 11.6 Å². The van der Waals surface area contributed by atoms with E-state index in [2.05, 4.69) is 0 Å². The van der Waals surface area contributed by atoms with Crippen molar-refractivity contribution >= 4 is 11.7 Å². The van der Waals surface area contributed by atoms with E-state index in [1.54, 1.807) is 36.1 Å². The highest BCUT2D eigenvalue weighted by atomic mass is 19.1. The van der Waals surface area contributed by atoms with Crippen molar-refractivity contribution < 1.29 is 18.7 Å². The molecule has 0 aliphatic carbocycles. The molecule has 1 unspecified atom stereocenters. The van der Waals surface area contributed by atoms with Crippen molar-refractivity contribution in [3.63, 3.8) is 0 Å². The van der Waals surface area contributed by atoms with Gasteiger partial charge in [0.05, 0.1) is 5.92 Å². The highest BCUT2D eigenvalue weighted by Crippen LogP contribution is 2.20. The van der Waals surface area contributed by atoms with Crippen LogP contribution in [0.15, 0.2) is 48.5 Å². The van der Waals surface area contributed by atoms with E-state index in [1.165, 1.54) is 24.3 Å². The first-order valence-electron chi connectivity index (χ1n) is 6.93. The molecular formula is C17H17F2NO2. The number of carbonyl (C=O) groups is 1. The number of hydrogen-bond acceptors (Lipinski definition) is 2. The number of benzene rings is 2. The maximum Gasteiger partial charge on any atom is 0.308 e. The molecule has 1 N–H and O–H groups in total. The van der Waals surface area contributed by atoms with Crippen molar-refractivity contribution in [3.05, 3.63) is 65.7 Å². The maximum absolute atomic E-state index is 13.4. The number of rotatable bonds is 6. The van der Waals surface area contributed by atoms with Gasteiger partial charge in [-0.3, -0.25) is 4.79 Å². The SMILES string of the molecule is CC(CN(Cc1cccc(F)c1)c1cccc(F)c1)C(=O)O. The Balaban J connectivity index is 2.26. The van der Waals surface area contributed by atoms with Crippen LogP contribution in [0.1, 0.15) is 12.5 Å². The van der Waals surface area contributed by atoms with Crippen molar-refractivity contribution in [1.29, 1.82) is 0 Å². The Labute approximate surface area is 127 Å². The van der Waals surface area contributed by atoms with E-state index in [1.807, 2.05) is 0 Å². The molecule has 0 radical (unpaired) electrons. The summed E-state index contributed by atoms with van der Waals surface area (Å²) in [6.07, 6.45) is 0. The Hall–Kier alpha value is -2.43. The summed E-state index contributed by atoms with van der Waals surface area (Å²) >= 11 is 0. The van der Waals surface area contributed by atoms with Gasteiger partial charge in [-0.1, -0.05) is 25.1 Å². The molecule has 0 aliphatic heterocycles. The Morgan fingerprint density at radius 3 is 2.36 bits per heavy atom. The van der Waals surface area contributed by atoms with Crippen LogP contribution in [0.25, 0.3) is 0 Å². The summed E-state index contributed by atoms with van der Waals surface area (Å²) in [7, 11) is 0. The molecule has 22 heavy (non-hydrogen) atoms. The van der Waals surface area contributed by atoms with Crippen molar-refractivity contribution in [3.8, 4) is 0 Å². The molecule has 0 fully saturated rings. The third kappa shape index (κ3) is 4.28. The van der Waals surface area contributed by atoms with Gasteiger partial charge in [-0.2, -0.15) is 0 Å². The molecule has 2 aromatic carbocycles. The zero-order valence-corrected chi connectivity index (χ0v) is 12.2. The van der Waals surface area contributed by atoms with E-state index < -0.39 is 17.7 Å². The van der Waals surface area contributed by atoms with Gasteiger partial charge in [-0.15, -0.1) is 0 Å². The lowest BCUT2D eigenvalue weighted by molar-refractivity contribution is -0.140. The van der Waals surface area contributed by atoms with Gasteiger partial charge in [-0.25, -0.2) is 8.78 Å². The van der Waals surface area contributed by atoms with Gasteiger partial charge >= 0.3 is 5.97 Å². The predicted molar refractivity (Wildman–Crippen MR) is 80.6 cm³/mol. The molecule has 0 aliphatic rings. The maximum atomic E-state index is 13.4. The fraction of sp³-hybridized carbons (Fsp3) is 0.235. The Morgan fingerprint density at radius 1 is 1.14 bits per heavy atom. The third-order valence-electron chi connectivity index (χ3n) is 3.35. The summed E-state index contributed by atoms with van der Waals surface area (Å²) in [6, 6.07) is 12.0. The van der Waals surface area contributed by atoms with Crippen molar-refractivity contribution in [2.75, 3.05) is 11.4 Å². The molecule has 1 atom stereocenters. The number of hydrogen-bond donors (Lipinski definition) is 1. The van der Waals surface area contributed by atoms with E-state index in [-0.39, 0.29) is 12.4 Å². The van der Waals surface area contributed by atoms with Crippen molar-refractivity contribution in [2.24, 2.45) is 5.92 Å². The second kappa shape index (κ2) is 7.02. The number of nitrogens with zero attached hydrogens (tertiary/aromatic N) is 1. The Kier molecular flexibility index (Phi) is 5.09. The molecule has 2 rings (SSSR count). The number of anilines is 1. The second-order valence-electron chi connectivity index (χ2n) is 5.23. The molecule has 0 saturated carbocycles. The van der Waals surface area contributed by atoms with Gasteiger partial charge in [0, 0.05) is 18.8 Å². The number of carboxylic acid groups (broad SMARTS) is 1. The van der Waals surface area contributed by atoms with Crippen molar-refractivity contribution in [1.82, 2.24) is 0 Å². The summed E-state index contributed by atoms with van der Waals surface area (Å²) in [5.41, 5.74) is 1.26. The highest BCUT2D eigenvalue weighted by molar-refractivity contribution is 5.70. The molecule has 3 nitrogen and oxygen atoms in total. The van der Waals surface area contributed by atoms with Gasteiger partial charge in [-0.05, 0) is 35.9 Å². The lowest BCUT2D eigenvalue weighted by atomic mass is 10.1. The quantitative estimate of drug-likeness (QED) is 0.885. The van der Waals surface area contributed by atoms with Crippen LogP contribution < -0.4 is 4.90 Å². The average Bonchev–Trinajstić information content (AvgIpc) is 2.46. The molecule has 0 bridgehead atoms. The van der Waals surface area contributed by atoms with Gasteiger partial charge in [0.15, 0.2) is 0 Å². The van der Waals surface area contributed by atoms with Gasteiger partial charge < -0.3 is 10.0 Å². The number of aliphatic carboxylic acids is 1. The molecule has 0 saturated heterocycles.